The van der Waals surface area contributed by atoms with Crippen LogP contribution in [0.3, 0.4) is 0 Å². The molecule has 11 heavy (non-hydrogen) atoms. The lowest BCUT2D eigenvalue weighted by atomic mass is 10.7. The second kappa shape index (κ2) is 5.78. The fourth-order valence-corrected chi connectivity index (χ4v) is 1.82. The van der Waals surface area contributed by atoms with Gasteiger partial charge in [0.2, 0.25) is 0 Å². The molecule has 0 spiro atoms. The average Bonchev–Trinajstić information content (AvgIpc) is 2.02. The first-order valence-electron chi connectivity index (χ1n) is 3.23. The van der Waals surface area contributed by atoms with Gasteiger partial charge in [-0.15, -0.1) is 18.2 Å². The van der Waals surface area contributed by atoms with E-state index in [0.717, 1.165) is 0 Å². The van der Waals surface area contributed by atoms with Crippen molar-refractivity contribution in [2.75, 3.05) is 18.8 Å². The molecule has 0 rings (SSSR count). The summed E-state index contributed by atoms with van der Waals surface area (Å²) in [4.78, 5) is 0. The van der Waals surface area contributed by atoms with Crippen molar-refractivity contribution in [1.82, 2.24) is 0 Å². The van der Waals surface area contributed by atoms with E-state index >= 15 is 0 Å². The monoisotopic (exact) mass is 198 g/mol. The van der Waals surface area contributed by atoms with Crippen LogP contribution in [-0.2, 0) is 13.6 Å². The van der Waals surface area contributed by atoms with Crippen molar-refractivity contribution in [2.45, 2.75) is 6.92 Å². The van der Waals surface area contributed by atoms with Crippen LogP contribution in [0.2, 0.25) is 0 Å². The Balaban J connectivity index is 3.88. The summed E-state index contributed by atoms with van der Waals surface area (Å²) in [6.45, 7) is 5.68. The first-order valence-corrected chi connectivity index (χ1v) is 5.49. The highest BCUT2D eigenvalue weighted by Crippen LogP contribution is 2.48. The third-order valence-corrected chi connectivity index (χ3v) is 3.23. The van der Waals surface area contributed by atoms with E-state index in [0.29, 0.717) is 6.61 Å². The van der Waals surface area contributed by atoms with Gasteiger partial charge in [0.25, 0.3) is 0 Å². The quantitative estimate of drug-likeness (QED) is 0.374. The molecule has 3 nitrogen and oxygen atoms in total. The Morgan fingerprint density at radius 1 is 1.64 bits per heavy atom. The lowest BCUT2D eigenvalue weighted by Crippen LogP contribution is -1.96. The van der Waals surface area contributed by atoms with Crippen LogP contribution in [0.5, 0.6) is 0 Å². The highest BCUT2D eigenvalue weighted by atomic mass is 35.5. The molecular formula is C6H12ClO3P. The zero-order valence-corrected chi connectivity index (χ0v) is 8.11. The Morgan fingerprint density at radius 3 is 2.64 bits per heavy atom. The van der Waals surface area contributed by atoms with Crippen molar-refractivity contribution in [2.24, 2.45) is 0 Å². The van der Waals surface area contributed by atoms with E-state index in [4.69, 9.17) is 20.6 Å². The second-order valence-electron chi connectivity index (χ2n) is 1.73. The van der Waals surface area contributed by atoms with Crippen molar-refractivity contribution in [3.8, 4) is 0 Å². The lowest BCUT2D eigenvalue weighted by molar-refractivity contribution is 0.232. The third-order valence-electron chi connectivity index (χ3n) is 0.861. The van der Waals surface area contributed by atoms with Gasteiger partial charge in [-0.25, -0.2) is 0 Å². The molecule has 1 atom stereocenters. The molecular weight excluding hydrogens is 186 g/mol. The van der Waals surface area contributed by atoms with Gasteiger partial charge in [0, 0.05) is 0 Å². The van der Waals surface area contributed by atoms with E-state index in [1.807, 2.05) is 0 Å². The molecule has 0 aromatic rings. The highest BCUT2D eigenvalue weighted by molar-refractivity contribution is 7.55. The predicted octanol–water partition coefficient (Wildman–Crippen LogP) is 2.61. The maximum Gasteiger partial charge on any atom is 0.345 e. The molecule has 0 aromatic heterocycles. The van der Waals surface area contributed by atoms with Crippen LogP contribution in [-0.4, -0.2) is 18.8 Å². The van der Waals surface area contributed by atoms with E-state index in [1.54, 1.807) is 6.92 Å². The molecule has 0 N–H and O–H groups in total. The molecule has 1 unspecified atom stereocenters. The summed E-state index contributed by atoms with van der Waals surface area (Å²) in [6, 6.07) is 0. The summed E-state index contributed by atoms with van der Waals surface area (Å²) in [5.74, 6) is 0. The zero-order chi connectivity index (χ0) is 8.74. The van der Waals surface area contributed by atoms with Gasteiger partial charge >= 0.3 is 7.60 Å². The summed E-state index contributed by atoms with van der Waals surface area (Å²) in [6.07, 6.45) is 1.50. The fourth-order valence-electron chi connectivity index (χ4n) is 0.469. The second-order valence-corrected chi connectivity index (χ2v) is 4.43. The summed E-state index contributed by atoms with van der Waals surface area (Å²) in [7, 11) is -3.02. The zero-order valence-electron chi connectivity index (χ0n) is 6.46. The van der Waals surface area contributed by atoms with E-state index < -0.39 is 7.60 Å². The van der Waals surface area contributed by atoms with Crippen molar-refractivity contribution in [3.63, 3.8) is 0 Å². The molecule has 0 aliphatic heterocycles. The van der Waals surface area contributed by atoms with Crippen LogP contribution < -0.4 is 0 Å². The van der Waals surface area contributed by atoms with Crippen LogP contribution in [0.25, 0.3) is 0 Å². The maximum atomic E-state index is 11.3. The van der Waals surface area contributed by atoms with Crippen LogP contribution in [0.4, 0.5) is 0 Å². The maximum absolute atomic E-state index is 11.3. The molecule has 0 saturated heterocycles. The minimum Gasteiger partial charge on any atom is -0.308 e. The first kappa shape index (κ1) is 11.2. The SMILES string of the molecule is C=CCOP(=O)(CCl)OCC. The Morgan fingerprint density at radius 2 is 2.27 bits per heavy atom. The lowest BCUT2D eigenvalue weighted by Gasteiger charge is -2.13. The number of rotatable bonds is 6. The largest absolute Gasteiger partial charge is 0.345 e. The van der Waals surface area contributed by atoms with Gasteiger partial charge in [-0.2, -0.15) is 0 Å². The Labute approximate surface area is 71.9 Å². The molecule has 0 heterocycles. The van der Waals surface area contributed by atoms with Gasteiger partial charge in [0.1, 0.15) is 5.62 Å². The van der Waals surface area contributed by atoms with Crippen molar-refractivity contribution in [1.29, 1.82) is 0 Å². The van der Waals surface area contributed by atoms with Crippen molar-refractivity contribution in [3.05, 3.63) is 12.7 Å². The molecule has 66 valence electrons. The van der Waals surface area contributed by atoms with Gasteiger partial charge in [-0.1, -0.05) is 6.08 Å². The topological polar surface area (TPSA) is 35.5 Å². The molecule has 0 fully saturated rings. The minimum absolute atomic E-state index is 0.116. The molecule has 0 bridgehead atoms. The van der Waals surface area contributed by atoms with E-state index in [1.165, 1.54) is 6.08 Å². The number of alkyl halides is 1. The Kier molecular flexibility index (Phi) is 5.88. The minimum atomic E-state index is -3.02. The molecule has 0 aliphatic rings. The molecule has 0 aliphatic carbocycles. The van der Waals surface area contributed by atoms with Crippen LogP contribution in [0.15, 0.2) is 12.7 Å². The summed E-state index contributed by atoms with van der Waals surface area (Å²) in [5, 5.41) is 0. The van der Waals surface area contributed by atoms with E-state index in [2.05, 4.69) is 6.58 Å². The van der Waals surface area contributed by atoms with Crippen LogP contribution >= 0.6 is 19.2 Å². The predicted molar refractivity (Wildman–Crippen MR) is 46.1 cm³/mol. The van der Waals surface area contributed by atoms with Gasteiger partial charge < -0.3 is 9.05 Å². The molecule has 0 saturated carbocycles. The molecule has 0 aromatic carbocycles. The number of hydrogen-bond acceptors (Lipinski definition) is 3. The number of halogens is 1. The highest BCUT2D eigenvalue weighted by Gasteiger charge is 2.21. The standard InChI is InChI=1S/C6H12ClO3P/c1-3-5-10-11(8,6-7)9-4-2/h3H,1,4-6H2,2H3. The van der Waals surface area contributed by atoms with Crippen molar-refractivity contribution < 1.29 is 13.6 Å². The van der Waals surface area contributed by atoms with Crippen molar-refractivity contribution >= 4 is 19.2 Å². The van der Waals surface area contributed by atoms with Gasteiger partial charge in [0.05, 0.1) is 13.2 Å². The normalized spacial score (nSPS) is 15.8. The summed E-state index contributed by atoms with van der Waals surface area (Å²) in [5.41, 5.74) is -0.116. The van der Waals surface area contributed by atoms with E-state index in [9.17, 15) is 4.57 Å². The molecule has 0 amide bonds. The molecule has 0 radical (unpaired) electrons. The summed E-state index contributed by atoms with van der Waals surface area (Å²) >= 11 is 5.38. The van der Waals surface area contributed by atoms with Crippen LogP contribution in [0, 0.1) is 0 Å². The summed E-state index contributed by atoms with van der Waals surface area (Å²) < 4.78 is 21.0. The van der Waals surface area contributed by atoms with E-state index in [-0.39, 0.29) is 12.2 Å². The molecule has 5 heteroatoms. The fraction of sp³-hybridized carbons (Fsp3) is 0.667. The smallest absolute Gasteiger partial charge is 0.308 e. The Hall–Kier alpha value is 0.180. The van der Waals surface area contributed by atoms with Gasteiger partial charge in [-0.05, 0) is 6.92 Å². The average molecular weight is 199 g/mol. The van der Waals surface area contributed by atoms with Gasteiger partial charge in [-0.3, -0.25) is 4.57 Å². The Bertz CT molecular complexity index is 160. The third kappa shape index (κ3) is 4.59. The first-order chi connectivity index (χ1) is 5.18. The number of hydrogen-bond donors (Lipinski definition) is 0. The van der Waals surface area contributed by atoms with Gasteiger partial charge in [0.15, 0.2) is 0 Å². The van der Waals surface area contributed by atoms with Crippen LogP contribution in [0.1, 0.15) is 6.92 Å².